The number of ether oxygens (including phenoxy) is 1. The normalized spacial score (nSPS) is 22.8. The standard InChI is InChI=1S/C19H32N4O2/c1-14-15(13-22(5)21-14)12-20-16-7-10-23(17(24)25-18(2,3)4)19(11-16)8-6-9-19/h13,16,20H,6-12H2,1-5H3. The highest BCUT2D eigenvalue weighted by Gasteiger charge is 2.49. The lowest BCUT2D eigenvalue weighted by atomic mass is 9.69. The van der Waals surface area contributed by atoms with Crippen LogP contribution in [0.5, 0.6) is 0 Å². The van der Waals surface area contributed by atoms with Crippen LogP contribution in [0.2, 0.25) is 0 Å². The van der Waals surface area contributed by atoms with E-state index in [1.165, 1.54) is 12.0 Å². The maximum Gasteiger partial charge on any atom is 0.410 e. The second-order valence-electron chi connectivity index (χ2n) is 8.69. The number of aryl methyl sites for hydroxylation is 2. The van der Waals surface area contributed by atoms with Crippen LogP contribution in [0.15, 0.2) is 6.20 Å². The van der Waals surface area contributed by atoms with E-state index < -0.39 is 5.60 Å². The van der Waals surface area contributed by atoms with Crippen LogP contribution in [0.1, 0.15) is 64.1 Å². The smallest absolute Gasteiger partial charge is 0.410 e. The summed E-state index contributed by atoms with van der Waals surface area (Å²) < 4.78 is 7.51. The average Bonchev–Trinajstić information content (AvgIpc) is 2.79. The average molecular weight is 348 g/mol. The van der Waals surface area contributed by atoms with Gasteiger partial charge >= 0.3 is 6.09 Å². The highest BCUT2D eigenvalue weighted by atomic mass is 16.6. The first-order valence-corrected chi connectivity index (χ1v) is 9.42. The van der Waals surface area contributed by atoms with Crippen molar-refractivity contribution in [3.8, 4) is 0 Å². The number of piperidine rings is 1. The van der Waals surface area contributed by atoms with Crippen molar-refractivity contribution < 1.29 is 9.53 Å². The van der Waals surface area contributed by atoms with Crippen LogP contribution in [-0.2, 0) is 18.3 Å². The van der Waals surface area contributed by atoms with E-state index in [-0.39, 0.29) is 11.6 Å². The summed E-state index contributed by atoms with van der Waals surface area (Å²) in [6, 6.07) is 0.443. The molecule has 2 heterocycles. The molecule has 140 valence electrons. The number of hydrogen-bond donors (Lipinski definition) is 1. The minimum Gasteiger partial charge on any atom is -0.444 e. The maximum absolute atomic E-state index is 12.6. The second-order valence-corrected chi connectivity index (χ2v) is 8.69. The summed E-state index contributed by atoms with van der Waals surface area (Å²) >= 11 is 0. The molecule has 6 heteroatoms. The Bertz CT molecular complexity index is 628. The first kappa shape index (κ1) is 18.2. The molecule has 0 aromatic carbocycles. The number of carbonyl (C=O) groups is 1. The SMILES string of the molecule is Cc1nn(C)cc1CNC1CCN(C(=O)OC(C)(C)C)C2(CCC2)C1. The minimum atomic E-state index is -0.436. The number of rotatable bonds is 3. The minimum absolute atomic E-state index is 0.00221. The van der Waals surface area contributed by atoms with Crippen molar-refractivity contribution in [1.82, 2.24) is 20.0 Å². The van der Waals surface area contributed by atoms with E-state index in [2.05, 4.69) is 23.5 Å². The van der Waals surface area contributed by atoms with E-state index in [1.807, 2.05) is 37.4 Å². The van der Waals surface area contributed by atoms with Gasteiger partial charge in [0.2, 0.25) is 0 Å². The zero-order valence-electron chi connectivity index (χ0n) is 16.3. The first-order chi connectivity index (χ1) is 11.7. The highest BCUT2D eigenvalue weighted by molar-refractivity contribution is 5.69. The van der Waals surface area contributed by atoms with Crippen molar-refractivity contribution in [2.75, 3.05) is 6.54 Å². The molecule has 0 bridgehead atoms. The molecule has 1 saturated heterocycles. The molecule has 1 spiro atoms. The van der Waals surface area contributed by atoms with Gasteiger partial charge in [0.15, 0.2) is 0 Å². The zero-order chi connectivity index (χ0) is 18.2. The lowest BCUT2D eigenvalue weighted by Crippen LogP contribution is -2.63. The number of nitrogens with zero attached hydrogens (tertiary/aromatic N) is 3. The quantitative estimate of drug-likeness (QED) is 0.912. The predicted molar refractivity (Wildman–Crippen MR) is 97.3 cm³/mol. The van der Waals surface area contributed by atoms with Gasteiger partial charge in [-0.3, -0.25) is 4.68 Å². The summed E-state index contributed by atoms with van der Waals surface area (Å²) in [4.78, 5) is 14.6. The van der Waals surface area contributed by atoms with Gasteiger partial charge in [-0.2, -0.15) is 5.10 Å². The Morgan fingerprint density at radius 2 is 2.16 bits per heavy atom. The zero-order valence-corrected chi connectivity index (χ0v) is 16.3. The largest absolute Gasteiger partial charge is 0.444 e. The molecule has 3 rings (SSSR count). The molecule has 1 aliphatic carbocycles. The summed E-state index contributed by atoms with van der Waals surface area (Å²) in [5, 5.41) is 8.10. The highest BCUT2D eigenvalue weighted by Crippen LogP contribution is 2.45. The number of aromatic nitrogens is 2. The van der Waals surface area contributed by atoms with E-state index in [0.717, 1.165) is 44.5 Å². The molecule has 1 aromatic rings. The molecule has 1 unspecified atom stereocenters. The monoisotopic (exact) mass is 348 g/mol. The predicted octanol–water partition coefficient (Wildman–Crippen LogP) is 3.14. The third-order valence-corrected chi connectivity index (χ3v) is 5.49. The fourth-order valence-electron chi connectivity index (χ4n) is 4.10. The molecule has 1 saturated carbocycles. The fraction of sp³-hybridized carbons (Fsp3) is 0.789. The molecule has 25 heavy (non-hydrogen) atoms. The number of carbonyl (C=O) groups excluding carboxylic acids is 1. The Balaban J connectivity index is 1.60. The number of likely N-dealkylation sites (tertiary alicyclic amines) is 1. The van der Waals surface area contributed by atoms with E-state index in [9.17, 15) is 4.79 Å². The lowest BCUT2D eigenvalue weighted by Gasteiger charge is -2.54. The van der Waals surface area contributed by atoms with Crippen LogP contribution in [0.4, 0.5) is 4.79 Å². The summed E-state index contributed by atoms with van der Waals surface area (Å²) in [6.07, 6.45) is 7.32. The Morgan fingerprint density at radius 1 is 1.44 bits per heavy atom. The van der Waals surface area contributed by atoms with Gasteiger partial charge in [0, 0.05) is 43.5 Å². The van der Waals surface area contributed by atoms with Gasteiger partial charge in [0.25, 0.3) is 0 Å². The van der Waals surface area contributed by atoms with E-state index >= 15 is 0 Å². The fourth-order valence-corrected chi connectivity index (χ4v) is 4.10. The Labute approximate surface area is 150 Å². The summed E-state index contributed by atoms with van der Waals surface area (Å²) in [7, 11) is 1.96. The topological polar surface area (TPSA) is 59.4 Å². The summed E-state index contributed by atoms with van der Waals surface area (Å²) in [5.41, 5.74) is 1.90. The third kappa shape index (κ3) is 4.00. The maximum atomic E-state index is 12.6. The van der Waals surface area contributed by atoms with Crippen molar-refractivity contribution >= 4 is 6.09 Å². The van der Waals surface area contributed by atoms with Crippen LogP contribution < -0.4 is 5.32 Å². The van der Waals surface area contributed by atoms with Crippen molar-refractivity contribution in [2.45, 2.75) is 83.5 Å². The van der Waals surface area contributed by atoms with Gasteiger partial charge in [-0.25, -0.2) is 4.79 Å². The molecule has 1 N–H and O–H groups in total. The molecule has 2 fully saturated rings. The van der Waals surface area contributed by atoms with Crippen LogP contribution in [0, 0.1) is 6.92 Å². The van der Waals surface area contributed by atoms with Gasteiger partial charge in [-0.15, -0.1) is 0 Å². The number of nitrogens with one attached hydrogen (secondary N) is 1. The van der Waals surface area contributed by atoms with Gasteiger partial charge < -0.3 is 15.0 Å². The Hall–Kier alpha value is -1.56. The Kier molecular flexibility index (Phi) is 4.84. The van der Waals surface area contributed by atoms with Gasteiger partial charge in [0.1, 0.15) is 5.60 Å². The van der Waals surface area contributed by atoms with Gasteiger partial charge in [-0.1, -0.05) is 0 Å². The molecule has 1 aromatic heterocycles. The van der Waals surface area contributed by atoms with Gasteiger partial charge in [-0.05, 0) is 59.8 Å². The van der Waals surface area contributed by atoms with Crippen LogP contribution in [-0.4, -0.2) is 44.5 Å². The van der Waals surface area contributed by atoms with Crippen LogP contribution in [0.3, 0.4) is 0 Å². The van der Waals surface area contributed by atoms with Crippen molar-refractivity contribution in [3.63, 3.8) is 0 Å². The van der Waals surface area contributed by atoms with Crippen molar-refractivity contribution in [3.05, 3.63) is 17.5 Å². The number of hydrogen-bond acceptors (Lipinski definition) is 4. The Morgan fingerprint density at radius 3 is 2.68 bits per heavy atom. The van der Waals surface area contributed by atoms with Crippen molar-refractivity contribution in [2.24, 2.45) is 7.05 Å². The molecule has 1 amide bonds. The lowest BCUT2D eigenvalue weighted by molar-refractivity contribution is -0.0494. The molecule has 6 nitrogen and oxygen atoms in total. The van der Waals surface area contributed by atoms with Gasteiger partial charge in [0.05, 0.1) is 5.69 Å². The van der Waals surface area contributed by atoms with E-state index in [4.69, 9.17) is 4.74 Å². The molecule has 1 aliphatic heterocycles. The summed E-state index contributed by atoms with van der Waals surface area (Å²) in [6.45, 7) is 9.47. The second kappa shape index (κ2) is 6.63. The van der Waals surface area contributed by atoms with E-state index in [1.54, 1.807) is 0 Å². The first-order valence-electron chi connectivity index (χ1n) is 9.42. The van der Waals surface area contributed by atoms with E-state index in [0.29, 0.717) is 6.04 Å². The van der Waals surface area contributed by atoms with Crippen LogP contribution >= 0.6 is 0 Å². The van der Waals surface area contributed by atoms with Crippen molar-refractivity contribution in [1.29, 1.82) is 0 Å². The summed E-state index contributed by atoms with van der Waals surface area (Å²) in [5.74, 6) is 0. The molecule has 0 radical (unpaired) electrons. The number of amides is 1. The molecular weight excluding hydrogens is 316 g/mol. The molecule has 2 aliphatic rings. The molecule has 1 atom stereocenters. The van der Waals surface area contributed by atoms with Crippen LogP contribution in [0.25, 0.3) is 0 Å². The third-order valence-electron chi connectivity index (χ3n) is 5.49. The molecular formula is C19H32N4O2.